The molecule has 2 aliphatic rings. The number of rotatable bonds is 2. The lowest BCUT2D eigenvalue weighted by Crippen LogP contribution is -2.56. The van der Waals surface area contributed by atoms with Crippen LogP contribution < -0.4 is 5.32 Å². The van der Waals surface area contributed by atoms with Gasteiger partial charge in [0, 0.05) is 13.1 Å². The second-order valence-electron chi connectivity index (χ2n) is 5.92. The Balaban J connectivity index is 2.00. The molecule has 1 N–H and O–H groups in total. The predicted octanol–water partition coefficient (Wildman–Crippen LogP) is 2.03. The fourth-order valence-corrected chi connectivity index (χ4v) is 3.61. The third-order valence-corrected chi connectivity index (χ3v) is 4.73. The number of hydrogen-bond donors (Lipinski definition) is 1. The number of amides is 1. The van der Waals surface area contributed by atoms with E-state index in [2.05, 4.69) is 11.4 Å². The number of hydrogen-bond acceptors (Lipinski definition) is 3. The summed E-state index contributed by atoms with van der Waals surface area (Å²) in [6.45, 7) is 2.34. The van der Waals surface area contributed by atoms with Crippen molar-refractivity contribution in [3.63, 3.8) is 0 Å². The molecule has 4 heteroatoms. The molecule has 0 saturated carbocycles. The van der Waals surface area contributed by atoms with Gasteiger partial charge in [-0.05, 0) is 37.8 Å². The van der Waals surface area contributed by atoms with E-state index < -0.39 is 5.54 Å². The molecular formula is C17H21N3O. The minimum atomic E-state index is -0.854. The molecule has 2 atom stereocenters. The molecule has 0 aromatic heterocycles. The maximum Gasteiger partial charge on any atom is 0.248 e. The average Bonchev–Trinajstić information content (AvgIpc) is 3.00. The molecule has 4 nitrogen and oxygen atoms in total. The minimum Gasteiger partial charge on any atom is -0.341 e. The molecule has 1 aromatic rings. The van der Waals surface area contributed by atoms with Crippen molar-refractivity contribution in [2.45, 2.75) is 31.2 Å². The first-order valence-corrected chi connectivity index (χ1v) is 7.78. The maximum atomic E-state index is 13.2. The SMILES string of the molecule is N#C[C@@H]1CCN[C@]1(C(=O)N1CCCCC1)c1ccccc1. The number of carbonyl (C=O) groups excluding carboxylic acids is 1. The number of nitriles is 1. The summed E-state index contributed by atoms with van der Waals surface area (Å²) in [4.78, 5) is 15.1. The van der Waals surface area contributed by atoms with Crippen LogP contribution in [0, 0.1) is 17.2 Å². The van der Waals surface area contributed by atoms with Crippen LogP contribution in [0.5, 0.6) is 0 Å². The summed E-state index contributed by atoms with van der Waals surface area (Å²) >= 11 is 0. The Morgan fingerprint density at radius 1 is 1.24 bits per heavy atom. The highest BCUT2D eigenvalue weighted by molar-refractivity contribution is 5.89. The second-order valence-corrected chi connectivity index (χ2v) is 5.92. The molecule has 3 rings (SSSR count). The lowest BCUT2D eigenvalue weighted by atomic mass is 9.78. The molecule has 1 aromatic carbocycles. The van der Waals surface area contributed by atoms with Crippen LogP contribution >= 0.6 is 0 Å². The van der Waals surface area contributed by atoms with Crippen molar-refractivity contribution in [1.29, 1.82) is 5.26 Å². The number of likely N-dealkylation sites (tertiary alicyclic amines) is 1. The van der Waals surface area contributed by atoms with Gasteiger partial charge < -0.3 is 4.90 Å². The summed E-state index contributed by atoms with van der Waals surface area (Å²) in [5.41, 5.74) is 0.0671. The molecule has 0 unspecified atom stereocenters. The van der Waals surface area contributed by atoms with E-state index in [4.69, 9.17) is 0 Å². The molecule has 2 saturated heterocycles. The van der Waals surface area contributed by atoms with E-state index in [1.807, 2.05) is 35.2 Å². The standard InChI is InChI=1S/C17H21N3O/c18-13-15-9-10-19-17(15,14-7-3-1-4-8-14)16(21)20-11-5-2-6-12-20/h1,3-4,7-8,15,19H,2,5-6,9-12H2/t15-,17+/m0/s1. The van der Waals surface area contributed by atoms with Gasteiger partial charge in [0.15, 0.2) is 0 Å². The topological polar surface area (TPSA) is 56.1 Å². The van der Waals surface area contributed by atoms with Crippen molar-refractivity contribution in [3.8, 4) is 6.07 Å². The fraction of sp³-hybridized carbons (Fsp3) is 0.529. The highest BCUT2D eigenvalue weighted by Gasteiger charge is 2.52. The van der Waals surface area contributed by atoms with E-state index in [0.29, 0.717) is 6.54 Å². The van der Waals surface area contributed by atoms with Crippen molar-refractivity contribution in [2.24, 2.45) is 5.92 Å². The molecule has 0 aliphatic carbocycles. The molecule has 0 radical (unpaired) electrons. The molecule has 0 bridgehead atoms. The van der Waals surface area contributed by atoms with Crippen LogP contribution in [0.4, 0.5) is 0 Å². The second kappa shape index (κ2) is 5.87. The Morgan fingerprint density at radius 3 is 2.62 bits per heavy atom. The lowest BCUT2D eigenvalue weighted by molar-refractivity contribution is -0.140. The Labute approximate surface area is 125 Å². The Kier molecular flexibility index (Phi) is 3.94. The normalized spacial score (nSPS) is 29.1. The van der Waals surface area contributed by atoms with Crippen LogP contribution in [0.3, 0.4) is 0 Å². The third kappa shape index (κ3) is 2.32. The molecule has 1 amide bonds. The van der Waals surface area contributed by atoms with Crippen molar-refractivity contribution < 1.29 is 4.79 Å². The zero-order valence-corrected chi connectivity index (χ0v) is 12.2. The van der Waals surface area contributed by atoms with Gasteiger partial charge in [-0.15, -0.1) is 0 Å². The number of nitrogens with one attached hydrogen (secondary N) is 1. The van der Waals surface area contributed by atoms with Crippen molar-refractivity contribution in [1.82, 2.24) is 10.2 Å². The number of nitrogens with zero attached hydrogens (tertiary/aromatic N) is 2. The van der Waals surface area contributed by atoms with Crippen LogP contribution in [0.15, 0.2) is 30.3 Å². The van der Waals surface area contributed by atoms with Crippen molar-refractivity contribution >= 4 is 5.91 Å². The largest absolute Gasteiger partial charge is 0.341 e. The number of benzene rings is 1. The smallest absolute Gasteiger partial charge is 0.248 e. The molecule has 21 heavy (non-hydrogen) atoms. The van der Waals surface area contributed by atoms with E-state index in [1.54, 1.807) is 0 Å². The zero-order valence-electron chi connectivity index (χ0n) is 12.2. The van der Waals surface area contributed by atoms with Gasteiger partial charge in [-0.3, -0.25) is 10.1 Å². The molecule has 2 fully saturated rings. The van der Waals surface area contributed by atoms with Gasteiger partial charge in [-0.25, -0.2) is 0 Å². The van der Waals surface area contributed by atoms with Gasteiger partial charge in [-0.1, -0.05) is 30.3 Å². The van der Waals surface area contributed by atoms with E-state index >= 15 is 0 Å². The van der Waals surface area contributed by atoms with Gasteiger partial charge in [0.25, 0.3) is 0 Å². The quantitative estimate of drug-likeness (QED) is 0.903. The molecule has 110 valence electrons. The lowest BCUT2D eigenvalue weighted by Gasteiger charge is -2.38. The van der Waals surface area contributed by atoms with E-state index in [1.165, 1.54) is 6.42 Å². The van der Waals surface area contributed by atoms with Crippen LogP contribution in [-0.4, -0.2) is 30.4 Å². The molecule has 2 aliphatic heterocycles. The van der Waals surface area contributed by atoms with Gasteiger partial charge in [0.1, 0.15) is 5.54 Å². The predicted molar refractivity (Wildman–Crippen MR) is 80.3 cm³/mol. The summed E-state index contributed by atoms with van der Waals surface area (Å²) in [6.07, 6.45) is 4.05. The van der Waals surface area contributed by atoms with E-state index in [9.17, 15) is 10.1 Å². The molecule has 2 heterocycles. The first-order chi connectivity index (χ1) is 10.3. The first kappa shape index (κ1) is 14.1. The highest BCUT2D eigenvalue weighted by atomic mass is 16.2. The Bertz CT molecular complexity index is 545. The molecule has 0 spiro atoms. The van der Waals surface area contributed by atoms with Crippen LogP contribution in [-0.2, 0) is 10.3 Å². The minimum absolute atomic E-state index is 0.0810. The van der Waals surface area contributed by atoms with Crippen LogP contribution in [0.1, 0.15) is 31.2 Å². The van der Waals surface area contributed by atoms with E-state index in [-0.39, 0.29) is 11.8 Å². The fourth-order valence-electron chi connectivity index (χ4n) is 3.61. The maximum absolute atomic E-state index is 13.2. The summed E-state index contributed by atoms with van der Waals surface area (Å²) in [5, 5.41) is 12.9. The summed E-state index contributed by atoms with van der Waals surface area (Å²) in [7, 11) is 0. The number of carbonyl (C=O) groups is 1. The van der Waals surface area contributed by atoms with Gasteiger partial charge >= 0.3 is 0 Å². The van der Waals surface area contributed by atoms with Gasteiger partial charge in [0.05, 0.1) is 12.0 Å². The monoisotopic (exact) mass is 283 g/mol. The van der Waals surface area contributed by atoms with Crippen molar-refractivity contribution in [3.05, 3.63) is 35.9 Å². The Morgan fingerprint density at radius 2 is 1.95 bits per heavy atom. The van der Waals surface area contributed by atoms with Crippen LogP contribution in [0.2, 0.25) is 0 Å². The Hall–Kier alpha value is -1.86. The van der Waals surface area contributed by atoms with Crippen LogP contribution in [0.25, 0.3) is 0 Å². The average molecular weight is 283 g/mol. The van der Waals surface area contributed by atoms with Gasteiger partial charge in [0.2, 0.25) is 5.91 Å². The zero-order chi connectivity index (χ0) is 14.7. The summed E-state index contributed by atoms with van der Waals surface area (Å²) in [6, 6.07) is 12.1. The first-order valence-electron chi connectivity index (χ1n) is 7.78. The molecular weight excluding hydrogens is 262 g/mol. The van der Waals surface area contributed by atoms with E-state index in [0.717, 1.165) is 37.9 Å². The van der Waals surface area contributed by atoms with Gasteiger partial charge in [-0.2, -0.15) is 5.26 Å². The van der Waals surface area contributed by atoms with Crippen molar-refractivity contribution in [2.75, 3.05) is 19.6 Å². The highest BCUT2D eigenvalue weighted by Crippen LogP contribution is 2.38. The third-order valence-electron chi connectivity index (χ3n) is 4.73. The summed E-state index contributed by atoms with van der Waals surface area (Å²) in [5.74, 6) is -0.216. The number of piperidine rings is 1. The summed E-state index contributed by atoms with van der Waals surface area (Å²) < 4.78 is 0.